The molecule has 0 bridgehead atoms. The van der Waals surface area contributed by atoms with Gasteiger partial charge in [0.1, 0.15) is 0 Å². The summed E-state index contributed by atoms with van der Waals surface area (Å²) in [6.07, 6.45) is 5.32. The van der Waals surface area contributed by atoms with Crippen LogP contribution in [0.4, 0.5) is 5.69 Å². The van der Waals surface area contributed by atoms with Gasteiger partial charge in [-0.25, -0.2) is 4.79 Å². The molecule has 1 fully saturated rings. The summed E-state index contributed by atoms with van der Waals surface area (Å²) in [5.74, 6) is 0.717. The lowest BCUT2D eigenvalue weighted by atomic mass is 9.86. The maximum atomic E-state index is 10.5. The minimum Gasteiger partial charge on any atom is -0.478 e. The summed E-state index contributed by atoms with van der Waals surface area (Å²) in [4.78, 5) is 12.9. The minimum absolute atomic E-state index is 0.778. The molecule has 1 aromatic carbocycles. The van der Waals surface area contributed by atoms with Gasteiger partial charge in [-0.3, -0.25) is 0 Å². The third kappa shape index (κ3) is 3.86. The second kappa shape index (κ2) is 6.60. The number of rotatable bonds is 4. The molecule has 1 N–H and O–H groups in total. The van der Waals surface area contributed by atoms with Crippen molar-refractivity contribution in [2.24, 2.45) is 11.8 Å². The van der Waals surface area contributed by atoms with Crippen LogP contribution < -0.4 is 4.90 Å². The Morgan fingerprint density at radius 1 is 1.25 bits per heavy atom. The first-order valence-electron chi connectivity index (χ1n) is 7.32. The maximum Gasteiger partial charge on any atom is 0.328 e. The number of benzene rings is 1. The molecule has 0 saturated carbocycles. The molecule has 1 aromatic rings. The van der Waals surface area contributed by atoms with Gasteiger partial charge >= 0.3 is 5.97 Å². The molecule has 0 aromatic heterocycles. The van der Waals surface area contributed by atoms with E-state index in [4.69, 9.17) is 5.11 Å². The third-order valence-electron chi connectivity index (χ3n) is 4.16. The number of anilines is 1. The van der Waals surface area contributed by atoms with Gasteiger partial charge in [0.25, 0.3) is 0 Å². The predicted octanol–water partition coefficient (Wildman–Crippen LogP) is 3.66. The first-order chi connectivity index (χ1) is 9.56. The summed E-state index contributed by atoms with van der Waals surface area (Å²) in [7, 11) is 0. The Kier molecular flexibility index (Phi) is 4.83. The van der Waals surface area contributed by atoms with Gasteiger partial charge in [-0.05, 0) is 48.4 Å². The lowest BCUT2D eigenvalue weighted by molar-refractivity contribution is -0.131. The Hall–Kier alpha value is -1.77. The highest BCUT2D eigenvalue weighted by molar-refractivity contribution is 5.85. The number of carboxylic acid groups (broad SMARTS) is 1. The maximum absolute atomic E-state index is 10.5. The highest BCUT2D eigenvalue weighted by Crippen LogP contribution is 2.27. The van der Waals surface area contributed by atoms with Crippen LogP contribution in [0.5, 0.6) is 0 Å². The van der Waals surface area contributed by atoms with E-state index in [2.05, 4.69) is 30.9 Å². The average molecular weight is 273 g/mol. The van der Waals surface area contributed by atoms with Crippen molar-refractivity contribution in [2.75, 3.05) is 18.0 Å². The van der Waals surface area contributed by atoms with E-state index in [1.807, 2.05) is 12.1 Å². The van der Waals surface area contributed by atoms with E-state index in [1.54, 1.807) is 6.08 Å². The second-order valence-corrected chi connectivity index (χ2v) is 5.83. The topological polar surface area (TPSA) is 40.5 Å². The molecule has 1 aliphatic heterocycles. The van der Waals surface area contributed by atoms with Crippen LogP contribution in [-0.4, -0.2) is 24.2 Å². The van der Waals surface area contributed by atoms with Crippen molar-refractivity contribution < 1.29 is 9.90 Å². The lowest BCUT2D eigenvalue weighted by Gasteiger charge is -2.35. The van der Waals surface area contributed by atoms with Gasteiger partial charge in [0.05, 0.1) is 0 Å². The molecule has 3 heteroatoms. The monoisotopic (exact) mass is 273 g/mol. The fourth-order valence-electron chi connectivity index (χ4n) is 2.79. The molecule has 20 heavy (non-hydrogen) atoms. The van der Waals surface area contributed by atoms with E-state index in [1.165, 1.54) is 24.6 Å². The number of aliphatic carboxylic acids is 1. The number of carboxylic acids is 1. The van der Waals surface area contributed by atoms with Crippen molar-refractivity contribution in [1.82, 2.24) is 0 Å². The summed E-state index contributed by atoms with van der Waals surface area (Å²) < 4.78 is 0. The SMILES string of the molecule is CC(C)C1CCN(c2ccc(/C=C/C(=O)O)cc2)CC1. The molecule has 0 amide bonds. The number of piperidine rings is 1. The van der Waals surface area contributed by atoms with Crippen molar-refractivity contribution in [2.45, 2.75) is 26.7 Å². The van der Waals surface area contributed by atoms with Gasteiger partial charge < -0.3 is 10.0 Å². The van der Waals surface area contributed by atoms with E-state index < -0.39 is 5.97 Å². The molecular weight excluding hydrogens is 250 g/mol. The zero-order valence-electron chi connectivity index (χ0n) is 12.2. The molecule has 0 atom stereocenters. The van der Waals surface area contributed by atoms with E-state index >= 15 is 0 Å². The zero-order chi connectivity index (χ0) is 14.5. The Balaban J connectivity index is 1.96. The van der Waals surface area contributed by atoms with E-state index in [-0.39, 0.29) is 0 Å². The molecule has 0 aliphatic carbocycles. The first-order valence-corrected chi connectivity index (χ1v) is 7.32. The molecule has 0 spiro atoms. The molecular formula is C17H23NO2. The average Bonchev–Trinajstić information content (AvgIpc) is 2.46. The molecule has 1 heterocycles. The van der Waals surface area contributed by atoms with Gasteiger partial charge in [0, 0.05) is 24.9 Å². The molecule has 1 aliphatic rings. The van der Waals surface area contributed by atoms with Gasteiger partial charge in [0.2, 0.25) is 0 Å². The summed E-state index contributed by atoms with van der Waals surface area (Å²) in [5.41, 5.74) is 2.16. The van der Waals surface area contributed by atoms with Crippen LogP contribution in [0.1, 0.15) is 32.3 Å². The minimum atomic E-state index is -0.912. The van der Waals surface area contributed by atoms with Crippen LogP contribution in [0.25, 0.3) is 6.08 Å². The largest absolute Gasteiger partial charge is 0.478 e. The van der Waals surface area contributed by atoms with Gasteiger partial charge in [-0.2, -0.15) is 0 Å². The number of hydrogen-bond acceptors (Lipinski definition) is 2. The number of hydrogen-bond donors (Lipinski definition) is 1. The summed E-state index contributed by atoms with van der Waals surface area (Å²) >= 11 is 0. The first kappa shape index (κ1) is 14.6. The fraction of sp³-hybridized carbons (Fsp3) is 0.471. The highest BCUT2D eigenvalue weighted by Gasteiger charge is 2.21. The van der Waals surface area contributed by atoms with E-state index in [0.29, 0.717) is 0 Å². The fourth-order valence-corrected chi connectivity index (χ4v) is 2.79. The van der Waals surface area contributed by atoms with Crippen molar-refractivity contribution >= 4 is 17.7 Å². The molecule has 3 nitrogen and oxygen atoms in total. The normalized spacial score (nSPS) is 17.1. The smallest absolute Gasteiger partial charge is 0.328 e. The van der Waals surface area contributed by atoms with E-state index in [0.717, 1.165) is 30.5 Å². The third-order valence-corrected chi connectivity index (χ3v) is 4.16. The van der Waals surface area contributed by atoms with Crippen LogP contribution in [-0.2, 0) is 4.79 Å². The van der Waals surface area contributed by atoms with Crippen LogP contribution in [0.15, 0.2) is 30.3 Å². The summed E-state index contributed by atoms with van der Waals surface area (Å²) in [6, 6.07) is 8.11. The van der Waals surface area contributed by atoms with Gasteiger partial charge in [-0.15, -0.1) is 0 Å². The number of nitrogens with zero attached hydrogens (tertiary/aromatic N) is 1. The Labute approximate surface area is 120 Å². The van der Waals surface area contributed by atoms with Gasteiger partial charge in [0.15, 0.2) is 0 Å². The highest BCUT2D eigenvalue weighted by atomic mass is 16.4. The number of carbonyl (C=O) groups is 1. The summed E-state index contributed by atoms with van der Waals surface area (Å²) in [5, 5.41) is 8.61. The zero-order valence-corrected chi connectivity index (χ0v) is 12.2. The van der Waals surface area contributed by atoms with Gasteiger partial charge in [-0.1, -0.05) is 26.0 Å². The van der Waals surface area contributed by atoms with Crippen molar-refractivity contribution in [3.8, 4) is 0 Å². The quantitative estimate of drug-likeness (QED) is 0.851. The standard InChI is InChI=1S/C17H23NO2/c1-13(2)15-9-11-18(12-10-15)16-6-3-14(4-7-16)5-8-17(19)20/h3-8,13,15H,9-12H2,1-2H3,(H,19,20)/b8-5+. The molecule has 0 radical (unpaired) electrons. The lowest BCUT2D eigenvalue weighted by Crippen LogP contribution is -2.35. The van der Waals surface area contributed by atoms with Crippen LogP contribution >= 0.6 is 0 Å². The van der Waals surface area contributed by atoms with E-state index in [9.17, 15) is 4.79 Å². The Morgan fingerprint density at radius 2 is 1.85 bits per heavy atom. The summed E-state index contributed by atoms with van der Waals surface area (Å²) in [6.45, 7) is 6.86. The van der Waals surface area contributed by atoms with Crippen molar-refractivity contribution in [1.29, 1.82) is 0 Å². The van der Waals surface area contributed by atoms with Crippen LogP contribution in [0.2, 0.25) is 0 Å². The van der Waals surface area contributed by atoms with Crippen LogP contribution in [0, 0.1) is 11.8 Å². The molecule has 1 saturated heterocycles. The predicted molar refractivity (Wildman–Crippen MR) is 82.9 cm³/mol. The van der Waals surface area contributed by atoms with Crippen molar-refractivity contribution in [3.63, 3.8) is 0 Å². The molecule has 108 valence electrons. The Morgan fingerprint density at radius 3 is 2.35 bits per heavy atom. The second-order valence-electron chi connectivity index (χ2n) is 5.83. The Bertz CT molecular complexity index is 468. The van der Waals surface area contributed by atoms with Crippen LogP contribution in [0.3, 0.4) is 0 Å². The van der Waals surface area contributed by atoms with Crippen molar-refractivity contribution in [3.05, 3.63) is 35.9 Å². The molecule has 0 unspecified atom stereocenters. The molecule has 2 rings (SSSR count).